The molecule has 0 spiro atoms. The second-order valence-electron chi connectivity index (χ2n) is 5.81. The normalized spacial score (nSPS) is 10.7. The number of anilines is 1. The van der Waals surface area contributed by atoms with Crippen LogP contribution in [0.15, 0.2) is 69.8 Å². The lowest BCUT2D eigenvalue weighted by molar-refractivity contribution is 0.0998. The summed E-state index contributed by atoms with van der Waals surface area (Å²) in [4.78, 5) is 20.6. The number of aromatic nitrogens is 2. The van der Waals surface area contributed by atoms with Gasteiger partial charge < -0.3 is 14.5 Å². The molecule has 0 fully saturated rings. The monoisotopic (exact) mass is 423 g/mol. The molecule has 0 bridgehead atoms. The van der Waals surface area contributed by atoms with Gasteiger partial charge in [-0.1, -0.05) is 15.9 Å². The van der Waals surface area contributed by atoms with Crippen LogP contribution in [-0.2, 0) is 0 Å². The molecule has 6 nitrogen and oxygen atoms in total. The minimum atomic E-state index is -0.306. The van der Waals surface area contributed by atoms with Crippen LogP contribution in [-0.4, -0.2) is 15.9 Å². The van der Waals surface area contributed by atoms with Crippen molar-refractivity contribution in [3.8, 4) is 11.8 Å². The summed E-state index contributed by atoms with van der Waals surface area (Å²) >= 11 is 3.43. The molecular formula is C20H14BrN3O3. The predicted molar refractivity (Wildman–Crippen MR) is 105 cm³/mol. The van der Waals surface area contributed by atoms with E-state index in [4.69, 9.17) is 9.15 Å². The number of aryl methyl sites for hydroxylation is 1. The van der Waals surface area contributed by atoms with Gasteiger partial charge in [-0.2, -0.15) is 0 Å². The number of ether oxygens (including phenoxy) is 1. The first-order valence-electron chi connectivity index (χ1n) is 8.15. The Balaban J connectivity index is 1.50. The van der Waals surface area contributed by atoms with Crippen molar-refractivity contribution in [1.82, 2.24) is 9.97 Å². The lowest BCUT2D eigenvalue weighted by Crippen LogP contribution is -2.12. The Labute approximate surface area is 163 Å². The first-order chi connectivity index (χ1) is 13.1. The van der Waals surface area contributed by atoms with E-state index in [1.54, 1.807) is 42.7 Å². The zero-order valence-corrected chi connectivity index (χ0v) is 15.9. The van der Waals surface area contributed by atoms with Crippen molar-refractivity contribution in [3.63, 3.8) is 0 Å². The summed E-state index contributed by atoms with van der Waals surface area (Å²) in [5, 5.41) is 3.74. The summed E-state index contributed by atoms with van der Waals surface area (Å²) < 4.78 is 12.2. The lowest BCUT2D eigenvalue weighted by atomic mass is 10.1. The van der Waals surface area contributed by atoms with Gasteiger partial charge in [0, 0.05) is 33.5 Å². The molecule has 0 unspecified atom stereocenters. The smallest absolute Gasteiger partial charge is 0.321 e. The summed E-state index contributed by atoms with van der Waals surface area (Å²) in [6.07, 6.45) is 3.20. The number of carbonyl (C=O) groups excluding carboxylic acids is 1. The molecule has 7 heteroatoms. The Bertz CT molecular complexity index is 1110. The van der Waals surface area contributed by atoms with Crippen molar-refractivity contribution < 1.29 is 13.9 Å². The van der Waals surface area contributed by atoms with E-state index < -0.39 is 0 Å². The fourth-order valence-electron chi connectivity index (χ4n) is 2.65. The van der Waals surface area contributed by atoms with Gasteiger partial charge in [-0.25, -0.2) is 9.97 Å². The van der Waals surface area contributed by atoms with Crippen LogP contribution in [0.3, 0.4) is 0 Å². The van der Waals surface area contributed by atoms with Gasteiger partial charge in [0.25, 0.3) is 5.91 Å². The Morgan fingerprint density at radius 2 is 1.85 bits per heavy atom. The van der Waals surface area contributed by atoms with Crippen LogP contribution in [0.1, 0.15) is 16.1 Å². The van der Waals surface area contributed by atoms with Gasteiger partial charge in [0.1, 0.15) is 11.3 Å². The molecule has 2 heterocycles. The number of furan rings is 1. The van der Waals surface area contributed by atoms with E-state index in [0.717, 1.165) is 15.4 Å². The fourth-order valence-corrected chi connectivity index (χ4v) is 3.01. The van der Waals surface area contributed by atoms with Gasteiger partial charge in [-0.3, -0.25) is 4.79 Å². The number of hydrogen-bond donors (Lipinski definition) is 1. The van der Waals surface area contributed by atoms with Crippen LogP contribution in [0.25, 0.3) is 11.0 Å². The zero-order valence-electron chi connectivity index (χ0n) is 14.3. The van der Waals surface area contributed by atoms with E-state index in [9.17, 15) is 4.79 Å². The molecule has 134 valence electrons. The van der Waals surface area contributed by atoms with E-state index in [0.29, 0.717) is 22.8 Å². The summed E-state index contributed by atoms with van der Waals surface area (Å²) in [5.74, 6) is 0.560. The number of fused-ring (bicyclic) bond motifs is 1. The minimum Gasteiger partial charge on any atom is -0.451 e. The number of hydrogen-bond acceptors (Lipinski definition) is 5. The highest BCUT2D eigenvalue weighted by molar-refractivity contribution is 9.10. The van der Waals surface area contributed by atoms with Crippen molar-refractivity contribution in [1.29, 1.82) is 0 Å². The molecular weight excluding hydrogens is 410 g/mol. The molecule has 1 amide bonds. The quantitative estimate of drug-likeness (QED) is 0.479. The van der Waals surface area contributed by atoms with Crippen LogP contribution < -0.4 is 10.1 Å². The summed E-state index contributed by atoms with van der Waals surface area (Å²) in [7, 11) is 0. The van der Waals surface area contributed by atoms with Gasteiger partial charge in [0.2, 0.25) is 0 Å². The van der Waals surface area contributed by atoms with Gasteiger partial charge in [0.15, 0.2) is 5.76 Å². The lowest BCUT2D eigenvalue weighted by Gasteiger charge is -2.06. The fraction of sp³-hybridized carbons (Fsp3) is 0.0500. The van der Waals surface area contributed by atoms with Crippen molar-refractivity contribution in [2.75, 3.05) is 5.32 Å². The van der Waals surface area contributed by atoms with E-state index in [1.165, 1.54) is 0 Å². The molecule has 0 saturated carbocycles. The van der Waals surface area contributed by atoms with Crippen molar-refractivity contribution >= 4 is 38.5 Å². The summed E-state index contributed by atoms with van der Waals surface area (Å²) in [6.45, 7) is 1.87. The molecule has 4 aromatic rings. The zero-order chi connectivity index (χ0) is 18.8. The van der Waals surface area contributed by atoms with Crippen molar-refractivity contribution in [3.05, 3.63) is 76.7 Å². The number of carbonyl (C=O) groups is 1. The van der Waals surface area contributed by atoms with Crippen LogP contribution in [0.5, 0.6) is 11.8 Å². The Morgan fingerprint density at radius 1 is 1.11 bits per heavy atom. The van der Waals surface area contributed by atoms with E-state index in [-0.39, 0.29) is 11.9 Å². The van der Waals surface area contributed by atoms with Crippen LogP contribution >= 0.6 is 15.9 Å². The number of nitrogens with zero attached hydrogens (tertiary/aromatic N) is 2. The van der Waals surface area contributed by atoms with E-state index in [1.807, 2.05) is 25.1 Å². The molecule has 0 aliphatic heterocycles. The maximum Gasteiger partial charge on any atom is 0.321 e. The van der Waals surface area contributed by atoms with Crippen molar-refractivity contribution in [2.24, 2.45) is 0 Å². The molecule has 0 radical (unpaired) electrons. The average Bonchev–Trinajstić information content (AvgIpc) is 3.00. The first kappa shape index (κ1) is 17.2. The Kier molecular flexibility index (Phi) is 4.60. The third-order valence-corrected chi connectivity index (χ3v) is 4.46. The highest BCUT2D eigenvalue weighted by Gasteiger charge is 2.18. The number of halogens is 1. The van der Waals surface area contributed by atoms with Gasteiger partial charge >= 0.3 is 6.01 Å². The standard InChI is InChI=1S/C20H14BrN3O3/c1-12-16-11-13(21)3-8-17(16)27-18(12)19(25)24-14-4-6-15(7-5-14)26-20-22-9-2-10-23-20/h2-11H,1H3,(H,24,25). The molecule has 0 saturated heterocycles. The molecule has 0 atom stereocenters. The van der Waals surface area contributed by atoms with E-state index >= 15 is 0 Å². The number of benzene rings is 2. The third-order valence-electron chi connectivity index (χ3n) is 3.97. The van der Waals surface area contributed by atoms with E-state index in [2.05, 4.69) is 31.2 Å². The van der Waals surface area contributed by atoms with Crippen LogP contribution in [0, 0.1) is 6.92 Å². The second kappa shape index (κ2) is 7.20. The third kappa shape index (κ3) is 3.68. The Morgan fingerprint density at radius 3 is 2.59 bits per heavy atom. The Hall–Kier alpha value is -3.19. The first-order valence-corrected chi connectivity index (χ1v) is 8.94. The van der Waals surface area contributed by atoms with Gasteiger partial charge in [0.05, 0.1) is 0 Å². The highest BCUT2D eigenvalue weighted by atomic mass is 79.9. The predicted octanol–water partition coefficient (Wildman–Crippen LogP) is 5.34. The topological polar surface area (TPSA) is 77.2 Å². The largest absolute Gasteiger partial charge is 0.451 e. The molecule has 2 aromatic carbocycles. The maximum absolute atomic E-state index is 12.6. The molecule has 2 aromatic heterocycles. The van der Waals surface area contributed by atoms with Crippen LogP contribution in [0.4, 0.5) is 5.69 Å². The molecule has 0 aliphatic rings. The highest BCUT2D eigenvalue weighted by Crippen LogP contribution is 2.29. The molecule has 1 N–H and O–H groups in total. The molecule has 27 heavy (non-hydrogen) atoms. The maximum atomic E-state index is 12.6. The van der Waals surface area contributed by atoms with Gasteiger partial charge in [-0.15, -0.1) is 0 Å². The number of rotatable bonds is 4. The summed E-state index contributed by atoms with van der Waals surface area (Å²) in [5.41, 5.74) is 2.10. The summed E-state index contributed by atoms with van der Waals surface area (Å²) in [6, 6.07) is 14.6. The average molecular weight is 424 g/mol. The molecule has 4 rings (SSSR count). The second-order valence-corrected chi connectivity index (χ2v) is 6.72. The van der Waals surface area contributed by atoms with Gasteiger partial charge in [-0.05, 0) is 55.5 Å². The molecule has 0 aliphatic carbocycles. The number of amides is 1. The van der Waals surface area contributed by atoms with Crippen LogP contribution in [0.2, 0.25) is 0 Å². The minimum absolute atomic E-state index is 0.262. The number of nitrogens with one attached hydrogen (secondary N) is 1. The SMILES string of the molecule is Cc1c(C(=O)Nc2ccc(Oc3ncccn3)cc2)oc2ccc(Br)cc12. The van der Waals surface area contributed by atoms with Crippen molar-refractivity contribution in [2.45, 2.75) is 6.92 Å².